The first kappa shape index (κ1) is 25.5. The molecule has 0 aromatic heterocycles. The molecule has 0 heterocycles. The van der Waals surface area contributed by atoms with Crippen molar-refractivity contribution in [1.29, 1.82) is 0 Å². The molecule has 0 aliphatic heterocycles. The summed E-state index contributed by atoms with van der Waals surface area (Å²) in [5, 5.41) is 0. The fraction of sp³-hybridized carbons (Fsp3) is 0.882. The first-order valence-electron chi connectivity index (χ1n) is 8.57. The predicted molar refractivity (Wildman–Crippen MR) is 88.8 cm³/mol. The molecule has 2 unspecified atom stereocenters. The summed E-state index contributed by atoms with van der Waals surface area (Å²) in [5.74, 6) is -2.14. The normalized spacial score (nSPS) is 15.3. The van der Waals surface area contributed by atoms with E-state index >= 15 is 0 Å². The highest BCUT2D eigenvalue weighted by Gasteiger charge is 2.44. The smallest absolute Gasteiger partial charge is 0.345 e. The highest BCUT2D eigenvalue weighted by Crippen LogP contribution is 2.29. The molecule has 10 heteroatoms. The number of alkyl halides is 6. The van der Waals surface area contributed by atoms with E-state index in [4.69, 9.17) is 0 Å². The van der Waals surface area contributed by atoms with Crippen LogP contribution in [0.2, 0.25) is 0 Å². The number of carbonyl (C=O) groups is 2. The van der Waals surface area contributed by atoms with Crippen LogP contribution in [0.5, 0.6) is 0 Å². The van der Waals surface area contributed by atoms with Crippen LogP contribution in [0.25, 0.3) is 0 Å². The summed E-state index contributed by atoms with van der Waals surface area (Å²) in [7, 11) is 1.21. The molecule has 0 aliphatic carbocycles. The minimum Gasteiger partial charge on any atom is -0.345 e. The van der Waals surface area contributed by atoms with Gasteiger partial charge in [-0.3, -0.25) is 9.59 Å². The molecule has 0 fully saturated rings. The Bertz CT molecular complexity index is 511. The molecule has 4 nitrogen and oxygen atoms in total. The molecule has 27 heavy (non-hydrogen) atoms. The monoisotopic (exact) mass is 406 g/mol. The van der Waals surface area contributed by atoms with Gasteiger partial charge in [-0.1, -0.05) is 27.7 Å². The van der Waals surface area contributed by atoms with Crippen LogP contribution in [0.3, 0.4) is 0 Å². The molecule has 0 N–H and O–H groups in total. The van der Waals surface area contributed by atoms with Gasteiger partial charge in [-0.2, -0.15) is 26.3 Å². The van der Waals surface area contributed by atoms with E-state index < -0.39 is 54.5 Å². The number of hydrogen-bond donors (Lipinski definition) is 0. The summed E-state index contributed by atoms with van der Waals surface area (Å²) < 4.78 is 76.0. The summed E-state index contributed by atoms with van der Waals surface area (Å²) in [6.07, 6.45) is -10.3. The lowest BCUT2D eigenvalue weighted by Crippen LogP contribution is -2.51. The van der Waals surface area contributed by atoms with Crippen LogP contribution < -0.4 is 0 Å². The molecule has 0 aliphatic rings. The van der Waals surface area contributed by atoms with Gasteiger partial charge in [0.25, 0.3) is 0 Å². The van der Waals surface area contributed by atoms with Gasteiger partial charge in [-0.15, -0.1) is 0 Å². The Balaban J connectivity index is 5.05. The van der Waals surface area contributed by atoms with Crippen LogP contribution in [0.4, 0.5) is 26.3 Å². The Morgan fingerprint density at radius 3 is 1.78 bits per heavy atom. The number of amides is 2. The quantitative estimate of drug-likeness (QED) is 0.593. The molecule has 0 aromatic rings. The average molecular weight is 406 g/mol. The topological polar surface area (TPSA) is 40.6 Å². The number of carbonyl (C=O) groups excluding carboxylic acids is 2. The van der Waals surface area contributed by atoms with Gasteiger partial charge >= 0.3 is 12.4 Å². The second-order valence-corrected chi connectivity index (χ2v) is 7.78. The molecule has 0 aromatic carbocycles. The Kier molecular flexibility index (Phi) is 8.64. The minimum absolute atomic E-state index is 0.0859. The Morgan fingerprint density at radius 2 is 1.41 bits per heavy atom. The molecule has 0 saturated heterocycles. The molecule has 0 radical (unpaired) electrons. The highest BCUT2D eigenvalue weighted by molar-refractivity contribution is 5.82. The van der Waals surface area contributed by atoms with E-state index in [0.717, 1.165) is 11.8 Å². The van der Waals surface area contributed by atoms with Gasteiger partial charge in [0, 0.05) is 31.5 Å². The third-order valence-corrected chi connectivity index (χ3v) is 4.18. The van der Waals surface area contributed by atoms with Crippen molar-refractivity contribution in [1.82, 2.24) is 9.80 Å². The molecule has 2 atom stereocenters. The highest BCUT2D eigenvalue weighted by atomic mass is 19.4. The fourth-order valence-electron chi connectivity index (χ4n) is 2.32. The van der Waals surface area contributed by atoms with Crippen LogP contribution in [0.15, 0.2) is 0 Å². The maximum Gasteiger partial charge on any atom is 0.408 e. The van der Waals surface area contributed by atoms with Crippen molar-refractivity contribution in [3.05, 3.63) is 0 Å². The SMILES string of the molecule is CC(CCN(C(=O)C(C)(C)C)C(C)C(F)(F)F)C(=O)N(C)CCC(F)(F)F. The van der Waals surface area contributed by atoms with E-state index in [0.29, 0.717) is 4.90 Å². The Morgan fingerprint density at radius 1 is 0.926 bits per heavy atom. The van der Waals surface area contributed by atoms with Crippen molar-refractivity contribution in [2.45, 2.75) is 65.9 Å². The van der Waals surface area contributed by atoms with Crippen molar-refractivity contribution in [2.24, 2.45) is 11.3 Å². The van der Waals surface area contributed by atoms with Gasteiger partial charge in [0.2, 0.25) is 11.8 Å². The average Bonchev–Trinajstić information content (AvgIpc) is 2.48. The molecular formula is C17H28F6N2O2. The van der Waals surface area contributed by atoms with Gasteiger partial charge in [0.15, 0.2) is 0 Å². The largest absolute Gasteiger partial charge is 0.408 e. The maximum atomic E-state index is 13.1. The van der Waals surface area contributed by atoms with Crippen molar-refractivity contribution >= 4 is 11.8 Å². The molecule has 0 bridgehead atoms. The number of halogens is 6. The first-order valence-corrected chi connectivity index (χ1v) is 8.57. The summed E-state index contributed by atoms with van der Waals surface area (Å²) in [5.41, 5.74) is -1.05. The van der Waals surface area contributed by atoms with Crippen molar-refractivity contribution in [3.63, 3.8) is 0 Å². The standard InChI is InChI=1S/C17H28F6N2O2/c1-11(13(26)24(6)10-8-16(18,19)20)7-9-25(12(2)17(21,22)23)14(27)15(3,4)5/h11-12H,7-10H2,1-6H3. The van der Waals surface area contributed by atoms with E-state index in [2.05, 4.69) is 0 Å². The van der Waals surface area contributed by atoms with Crippen LogP contribution in [-0.4, -0.2) is 60.1 Å². The van der Waals surface area contributed by atoms with Gasteiger partial charge in [-0.05, 0) is 13.3 Å². The zero-order valence-corrected chi connectivity index (χ0v) is 16.5. The van der Waals surface area contributed by atoms with Gasteiger partial charge < -0.3 is 9.80 Å². The van der Waals surface area contributed by atoms with Crippen molar-refractivity contribution in [3.8, 4) is 0 Å². The number of hydrogen-bond acceptors (Lipinski definition) is 2. The summed E-state index contributed by atoms with van der Waals surface area (Å²) >= 11 is 0. The molecule has 2 amide bonds. The van der Waals surface area contributed by atoms with E-state index in [1.807, 2.05) is 0 Å². The summed E-state index contributed by atoms with van der Waals surface area (Å²) in [4.78, 5) is 26.1. The van der Waals surface area contributed by atoms with Crippen LogP contribution >= 0.6 is 0 Å². The Hall–Kier alpha value is -1.48. The van der Waals surface area contributed by atoms with Crippen LogP contribution in [0.1, 0.15) is 47.5 Å². The maximum absolute atomic E-state index is 13.1. The molecule has 0 rings (SSSR count). The van der Waals surface area contributed by atoms with Crippen LogP contribution in [0, 0.1) is 11.3 Å². The van der Waals surface area contributed by atoms with E-state index in [9.17, 15) is 35.9 Å². The number of rotatable bonds is 7. The predicted octanol–water partition coefficient (Wildman–Crippen LogP) is 4.25. The third kappa shape index (κ3) is 8.83. The van der Waals surface area contributed by atoms with Gasteiger partial charge in [0.1, 0.15) is 6.04 Å². The van der Waals surface area contributed by atoms with E-state index in [1.54, 1.807) is 0 Å². The zero-order valence-electron chi connectivity index (χ0n) is 16.5. The lowest BCUT2D eigenvalue weighted by molar-refractivity contribution is -0.189. The molecule has 0 spiro atoms. The Labute approximate surface area is 155 Å². The first-order chi connectivity index (χ1) is 11.9. The lowest BCUT2D eigenvalue weighted by Gasteiger charge is -2.36. The van der Waals surface area contributed by atoms with E-state index in [1.165, 1.54) is 34.7 Å². The van der Waals surface area contributed by atoms with E-state index in [-0.39, 0.29) is 13.0 Å². The van der Waals surface area contributed by atoms with Crippen LogP contribution in [-0.2, 0) is 9.59 Å². The second-order valence-electron chi connectivity index (χ2n) is 7.78. The van der Waals surface area contributed by atoms with Gasteiger partial charge in [0.05, 0.1) is 6.42 Å². The number of nitrogens with zero attached hydrogens (tertiary/aromatic N) is 2. The zero-order chi connectivity index (χ0) is 21.8. The van der Waals surface area contributed by atoms with Gasteiger partial charge in [-0.25, -0.2) is 0 Å². The summed E-state index contributed by atoms with van der Waals surface area (Å²) in [6.45, 7) is 5.91. The fourth-order valence-corrected chi connectivity index (χ4v) is 2.32. The minimum atomic E-state index is -4.63. The van der Waals surface area contributed by atoms with Crippen molar-refractivity contribution < 1.29 is 35.9 Å². The van der Waals surface area contributed by atoms with Crippen molar-refractivity contribution in [2.75, 3.05) is 20.1 Å². The second kappa shape index (κ2) is 9.14. The molecule has 0 saturated carbocycles. The lowest BCUT2D eigenvalue weighted by atomic mass is 9.93. The molecular weight excluding hydrogens is 378 g/mol. The molecule has 160 valence electrons. The summed E-state index contributed by atoms with van der Waals surface area (Å²) in [6, 6.07) is -2.03. The third-order valence-electron chi connectivity index (χ3n) is 4.18.